The Kier molecular flexibility index (Phi) is 5.60. The SMILES string of the molecule is CC(c1ccccc1)N(C)C(=O)CCC1CCCCN1. The molecule has 1 aromatic carbocycles. The van der Waals surface area contributed by atoms with E-state index in [4.69, 9.17) is 0 Å². The van der Waals surface area contributed by atoms with Crippen molar-refractivity contribution in [2.45, 2.75) is 51.1 Å². The van der Waals surface area contributed by atoms with E-state index in [1.807, 2.05) is 30.1 Å². The fourth-order valence-electron chi connectivity index (χ4n) is 2.82. The summed E-state index contributed by atoms with van der Waals surface area (Å²) in [6.45, 7) is 3.20. The summed E-state index contributed by atoms with van der Waals surface area (Å²) in [6, 6.07) is 10.9. The monoisotopic (exact) mass is 274 g/mol. The Morgan fingerprint density at radius 3 is 2.75 bits per heavy atom. The number of nitrogens with zero attached hydrogens (tertiary/aromatic N) is 1. The van der Waals surface area contributed by atoms with Crippen LogP contribution < -0.4 is 5.32 Å². The lowest BCUT2D eigenvalue weighted by Gasteiger charge is -2.27. The lowest BCUT2D eigenvalue weighted by molar-refractivity contribution is -0.132. The highest BCUT2D eigenvalue weighted by Gasteiger charge is 2.19. The molecule has 0 aromatic heterocycles. The third kappa shape index (κ3) is 4.07. The summed E-state index contributed by atoms with van der Waals surface area (Å²) in [5.41, 5.74) is 1.19. The third-order valence-corrected chi connectivity index (χ3v) is 4.38. The van der Waals surface area contributed by atoms with E-state index in [1.54, 1.807) is 0 Å². The Labute approximate surface area is 122 Å². The van der Waals surface area contributed by atoms with Gasteiger partial charge in [-0.3, -0.25) is 4.79 Å². The van der Waals surface area contributed by atoms with Gasteiger partial charge in [-0.2, -0.15) is 0 Å². The molecule has 0 radical (unpaired) electrons. The maximum atomic E-state index is 12.3. The number of benzene rings is 1. The minimum Gasteiger partial charge on any atom is -0.339 e. The maximum Gasteiger partial charge on any atom is 0.222 e. The first-order chi connectivity index (χ1) is 9.68. The van der Waals surface area contributed by atoms with E-state index in [2.05, 4.69) is 24.4 Å². The van der Waals surface area contributed by atoms with Gasteiger partial charge in [0.25, 0.3) is 0 Å². The van der Waals surface area contributed by atoms with Crippen molar-refractivity contribution in [2.24, 2.45) is 0 Å². The Hall–Kier alpha value is -1.35. The van der Waals surface area contributed by atoms with Crippen molar-refractivity contribution in [3.05, 3.63) is 35.9 Å². The molecule has 110 valence electrons. The van der Waals surface area contributed by atoms with E-state index in [0.717, 1.165) is 13.0 Å². The van der Waals surface area contributed by atoms with Crippen molar-refractivity contribution < 1.29 is 4.79 Å². The summed E-state index contributed by atoms with van der Waals surface area (Å²) in [5.74, 6) is 0.244. The van der Waals surface area contributed by atoms with E-state index in [-0.39, 0.29) is 11.9 Å². The molecule has 3 nitrogen and oxygen atoms in total. The van der Waals surface area contributed by atoms with E-state index in [9.17, 15) is 4.79 Å². The first-order valence-electron chi connectivity index (χ1n) is 7.72. The van der Waals surface area contributed by atoms with Gasteiger partial charge in [0.05, 0.1) is 6.04 Å². The van der Waals surface area contributed by atoms with Crippen LogP contribution in [-0.2, 0) is 4.79 Å². The van der Waals surface area contributed by atoms with Crippen molar-refractivity contribution >= 4 is 5.91 Å². The van der Waals surface area contributed by atoms with Crippen LogP contribution in [0.25, 0.3) is 0 Å². The highest BCUT2D eigenvalue weighted by Crippen LogP contribution is 2.20. The molecule has 2 unspecified atom stereocenters. The molecule has 0 aliphatic carbocycles. The van der Waals surface area contributed by atoms with Crippen LogP contribution >= 0.6 is 0 Å². The van der Waals surface area contributed by atoms with Gasteiger partial charge in [0, 0.05) is 19.5 Å². The average molecular weight is 274 g/mol. The average Bonchev–Trinajstić information content (AvgIpc) is 2.53. The summed E-state index contributed by atoms with van der Waals surface area (Å²) in [5, 5.41) is 3.50. The topological polar surface area (TPSA) is 32.3 Å². The third-order valence-electron chi connectivity index (χ3n) is 4.38. The summed E-state index contributed by atoms with van der Waals surface area (Å²) >= 11 is 0. The van der Waals surface area contributed by atoms with Gasteiger partial charge in [-0.15, -0.1) is 0 Å². The quantitative estimate of drug-likeness (QED) is 0.894. The second kappa shape index (κ2) is 7.44. The molecule has 1 N–H and O–H groups in total. The molecule has 1 saturated heterocycles. The van der Waals surface area contributed by atoms with Crippen molar-refractivity contribution in [3.8, 4) is 0 Å². The molecular weight excluding hydrogens is 248 g/mol. The second-order valence-electron chi connectivity index (χ2n) is 5.78. The number of hydrogen-bond acceptors (Lipinski definition) is 2. The molecule has 1 heterocycles. The lowest BCUT2D eigenvalue weighted by Crippen LogP contribution is -2.36. The van der Waals surface area contributed by atoms with Gasteiger partial charge >= 0.3 is 0 Å². The maximum absolute atomic E-state index is 12.3. The Balaban J connectivity index is 1.82. The zero-order chi connectivity index (χ0) is 14.4. The van der Waals surface area contributed by atoms with E-state index in [0.29, 0.717) is 12.5 Å². The summed E-state index contributed by atoms with van der Waals surface area (Å²) in [6.07, 6.45) is 5.39. The van der Waals surface area contributed by atoms with Crippen LogP contribution in [0.1, 0.15) is 50.6 Å². The molecule has 1 aliphatic rings. The van der Waals surface area contributed by atoms with Crippen molar-refractivity contribution in [3.63, 3.8) is 0 Å². The van der Waals surface area contributed by atoms with Gasteiger partial charge in [-0.25, -0.2) is 0 Å². The van der Waals surface area contributed by atoms with Gasteiger partial charge in [0.15, 0.2) is 0 Å². The first-order valence-corrected chi connectivity index (χ1v) is 7.72. The fraction of sp³-hybridized carbons (Fsp3) is 0.588. The number of rotatable bonds is 5. The molecule has 3 heteroatoms. The summed E-state index contributed by atoms with van der Waals surface area (Å²) in [4.78, 5) is 14.2. The Bertz CT molecular complexity index is 412. The zero-order valence-corrected chi connectivity index (χ0v) is 12.6. The highest BCUT2D eigenvalue weighted by molar-refractivity contribution is 5.76. The van der Waals surface area contributed by atoms with Crippen LogP contribution in [0.3, 0.4) is 0 Å². The standard InChI is InChI=1S/C17H26N2O/c1-14(15-8-4-3-5-9-15)19(2)17(20)12-11-16-10-6-7-13-18-16/h3-5,8-9,14,16,18H,6-7,10-13H2,1-2H3. The van der Waals surface area contributed by atoms with Crippen LogP contribution in [-0.4, -0.2) is 30.4 Å². The normalized spacial score (nSPS) is 20.4. The minimum atomic E-state index is 0.142. The molecular formula is C17H26N2O. The predicted octanol–water partition coefficient (Wildman–Crippen LogP) is 3.13. The molecule has 1 aliphatic heterocycles. The number of amides is 1. The number of hydrogen-bond donors (Lipinski definition) is 1. The molecule has 0 bridgehead atoms. The van der Waals surface area contributed by atoms with Crippen LogP contribution in [0.5, 0.6) is 0 Å². The first kappa shape index (κ1) is 15.0. The van der Waals surface area contributed by atoms with Crippen molar-refractivity contribution in [1.29, 1.82) is 0 Å². The molecule has 0 saturated carbocycles. The zero-order valence-electron chi connectivity index (χ0n) is 12.6. The number of nitrogens with one attached hydrogen (secondary N) is 1. The van der Waals surface area contributed by atoms with Crippen molar-refractivity contribution in [1.82, 2.24) is 10.2 Å². The Morgan fingerprint density at radius 2 is 2.10 bits per heavy atom. The van der Waals surface area contributed by atoms with E-state index >= 15 is 0 Å². The molecule has 1 amide bonds. The summed E-state index contributed by atoms with van der Waals surface area (Å²) < 4.78 is 0. The minimum absolute atomic E-state index is 0.142. The van der Waals surface area contributed by atoms with Crippen LogP contribution in [0.2, 0.25) is 0 Å². The van der Waals surface area contributed by atoms with Gasteiger partial charge in [-0.05, 0) is 38.3 Å². The summed E-state index contributed by atoms with van der Waals surface area (Å²) in [7, 11) is 1.91. The molecule has 2 atom stereocenters. The van der Waals surface area contributed by atoms with E-state index in [1.165, 1.54) is 24.8 Å². The molecule has 1 fully saturated rings. The molecule has 20 heavy (non-hydrogen) atoms. The second-order valence-corrected chi connectivity index (χ2v) is 5.78. The number of carbonyl (C=O) groups excluding carboxylic acids is 1. The predicted molar refractivity (Wildman–Crippen MR) is 82.5 cm³/mol. The van der Waals surface area contributed by atoms with Gasteiger partial charge < -0.3 is 10.2 Å². The van der Waals surface area contributed by atoms with Gasteiger partial charge in [0.2, 0.25) is 5.91 Å². The Morgan fingerprint density at radius 1 is 1.35 bits per heavy atom. The highest BCUT2D eigenvalue weighted by atomic mass is 16.2. The van der Waals surface area contributed by atoms with Crippen LogP contribution in [0, 0.1) is 0 Å². The molecule has 2 rings (SSSR count). The lowest BCUT2D eigenvalue weighted by atomic mass is 10.00. The molecule has 0 spiro atoms. The smallest absolute Gasteiger partial charge is 0.222 e. The fourth-order valence-corrected chi connectivity index (χ4v) is 2.82. The molecule has 1 aromatic rings. The van der Waals surface area contributed by atoms with E-state index < -0.39 is 0 Å². The van der Waals surface area contributed by atoms with Gasteiger partial charge in [0.1, 0.15) is 0 Å². The van der Waals surface area contributed by atoms with Crippen LogP contribution in [0.4, 0.5) is 0 Å². The van der Waals surface area contributed by atoms with Gasteiger partial charge in [-0.1, -0.05) is 36.8 Å². The number of piperidine rings is 1. The van der Waals surface area contributed by atoms with Crippen LogP contribution in [0.15, 0.2) is 30.3 Å². The number of carbonyl (C=O) groups is 1. The van der Waals surface area contributed by atoms with Crippen molar-refractivity contribution in [2.75, 3.05) is 13.6 Å². The largest absolute Gasteiger partial charge is 0.339 e.